The third-order valence-electron chi connectivity index (χ3n) is 5.42. The number of rotatable bonds is 4. The lowest BCUT2D eigenvalue weighted by atomic mass is 9.98. The van der Waals surface area contributed by atoms with Crippen molar-refractivity contribution in [3.05, 3.63) is 132 Å². The van der Waals surface area contributed by atoms with E-state index in [4.69, 9.17) is 10.7 Å². The maximum Gasteiger partial charge on any atom is 0.145 e. The Morgan fingerprint density at radius 3 is 1.97 bits per heavy atom. The van der Waals surface area contributed by atoms with E-state index in [0.29, 0.717) is 0 Å². The molecule has 1 atom stereocenters. The lowest BCUT2D eigenvalue weighted by Crippen LogP contribution is -2.24. The Bertz CT molecular complexity index is 1260. The maximum atomic E-state index is 6.00. The van der Waals surface area contributed by atoms with Crippen molar-refractivity contribution in [1.29, 1.82) is 0 Å². The van der Waals surface area contributed by atoms with Crippen LogP contribution in [0.5, 0.6) is 0 Å². The molecule has 31 heavy (non-hydrogen) atoms. The average molecular weight is 402 g/mol. The van der Waals surface area contributed by atoms with Gasteiger partial charge >= 0.3 is 0 Å². The van der Waals surface area contributed by atoms with E-state index in [1.165, 1.54) is 0 Å². The molecule has 3 nitrogen and oxygen atoms in total. The topological polar surface area (TPSA) is 50.4 Å². The Morgan fingerprint density at radius 2 is 1.23 bits per heavy atom. The molecule has 1 aliphatic heterocycles. The number of nitrogens with zero attached hydrogens (tertiary/aromatic N) is 1. The Morgan fingerprint density at radius 1 is 0.613 bits per heavy atom. The van der Waals surface area contributed by atoms with Crippen LogP contribution in [0.1, 0.15) is 22.9 Å². The highest BCUT2D eigenvalue weighted by Gasteiger charge is 2.19. The molecule has 5 rings (SSSR count). The van der Waals surface area contributed by atoms with Crippen LogP contribution in [0.4, 0.5) is 5.69 Å². The molecule has 150 valence electrons. The van der Waals surface area contributed by atoms with E-state index in [0.717, 1.165) is 44.9 Å². The zero-order valence-corrected chi connectivity index (χ0v) is 17.1. The van der Waals surface area contributed by atoms with Crippen LogP contribution in [0.25, 0.3) is 16.8 Å². The second kappa shape index (κ2) is 8.33. The number of nitrogens with two attached hydrogens (primary N) is 1. The van der Waals surface area contributed by atoms with Crippen molar-refractivity contribution >= 4 is 17.1 Å². The van der Waals surface area contributed by atoms with Crippen LogP contribution in [0.3, 0.4) is 0 Å². The van der Waals surface area contributed by atoms with Gasteiger partial charge in [-0.3, -0.25) is 4.99 Å². The monoisotopic (exact) mass is 401 g/mol. The molecule has 0 aromatic heterocycles. The number of benzene rings is 4. The maximum absolute atomic E-state index is 6.00. The average Bonchev–Trinajstić information content (AvgIpc) is 2.85. The minimum atomic E-state index is -0.146. The molecule has 0 fully saturated rings. The summed E-state index contributed by atoms with van der Waals surface area (Å²) in [5.41, 5.74) is 14.4. The SMILES string of the molecule is Nc1cccc(-c2cccc(C3=CC(c4ccccc4)=NC(c4ccccc4)N3)c2)c1. The Hall–Kier alpha value is -4.11. The molecule has 0 radical (unpaired) electrons. The lowest BCUT2D eigenvalue weighted by Gasteiger charge is -2.25. The van der Waals surface area contributed by atoms with Gasteiger partial charge in [0.2, 0.25) is 0 Å². The number of hydrogen-bond donors (Lipinski definition) is 2. The molecule has 1 aliphatic rings. The van der Waals surface area contributed by atoms with Crippen molar-refractivity contribution in [2.45, 2.75) is 6.17 Å². The smallest absolute Gasteiger partial charge is 0.145 e. The van der Waals surface area contributed by atoms with Crippen LogP contribution in [0.2, 0.25) is 0 Å². The predicted molar refractivity (Wildman–Crippen MR) is 130 cm³/mol. The second-order valence-corrected chi connectivity index (χ2v) is 7.60. The first kappa shape index (κ1) is 18.9. The lowest BCUT2D eigenvalue weighted by molar-refractivity contribution is 0.664. The van der Waals surface area contributed by atoms with Gasteiger partial charge in [0.1, 0.15) is 6.17 Å². The quantitative estimate of drug-likeness (QED) is 0.408. The molecular weight excluding hydrogens is 378 g/mol. The molecule has 1 heterocycles. The summed E-state index contributed by atoms with van der Waals surface area (Å²) < 4.78 is 0. The molecule has 0 aliphatic carbocycles. The standard InChI is InChI=1S/C28H23N3/c29-25-16-8-14-23(18-25)22-13-7-15-24(17-22)27-19-26(20-9-3-1-4-10-20)30-28(31-27)21-11-5-2-6-12-21/h1-19,28,31H,29H2. The molecule has 3 heteroatoms. The van der Waals surface area contributed by atoms with Gasteiger partial charge < -0.3 is 11.1 Å². The van der Waals surface area contributed by atoms with Crippen LogP contribution in [-0.2, 0) is 0 Å². The number of anilines is 1. The van der Waals surface area contributed by atoms with Gasteiger partial charge in [-0.25, -0.2) is 0 Å². The first-order valence-corrected chi connectivity index (χ1v) is 10.4. The summed E-state index contributed by atoms with van der Waals surface area (Å²) in [5, 5.41) is 3.62. The molecule has 1 unspecified atom stereocenters. The molecule has 0 bridgehead atoms. The van der Waals surface area contributed by atoms with Gasteiger partial charge in [-0.05, 0) is 52.1 Å². The van der Waals surface area contributed by atoms with Crippen molar-refractivity contribution in [3.8, 4) is 11.1 Å². The van der Waals surface area contributed by atoms with Crippen molar-refractivity contribution in [2.24, 2.45) is 4.99 Å². The number of aliphatic imine (C=N–C) groups is 1. The summed E-state index contributed by atoms with van der Waals surface area (Å²) in [6, 6.07) is 37.2. The fourth-order valence-electron chi connectivity index (χ4n) is 3.85. The fourth-order valence-corrected chi connectivity index (χ4v) is 3.85. The fraction of sp³-hybridized carbons (Fsp3) is 0.0357. The number of nitrogen functional groups attached to an aromatic ring is 1. The minimum absolute atomic E-state index is 0.146. The molecule has 4 aromatic rings. The second-order valence-electron chi connectivity index (χ2n) is 7.60. The molecular formula is C28H23N3. The van der Waals surface area contributed by atoms with E-state index in [1.54, 1.807) is 0 Å². The minimum Gasteiger partial charge on any atom is -0.399 e. The highest BCUT2D eigenvalue weighted by Crippen LogP contribution is 2.29. The summed E-state index contributed by atoms with van der Waals surface area (Å²) >= 11 is 0. The van der Waals surface area contributed by atoms with Gasteiger partial charge in [0.15, 0.2) is 0 Å². The molecule has 0 spiro atoms. The normalized spacial score (nSPS) is 15.5. The van der Waals surface area contributed by atoms with Gasteiger partial charge in [-0.1, -0.05) is 91.0 Å². The Kier molecular flexibility index (Phi) is 5.07. The highest BCUT2D eigenvalue weighted by atomic mass is 15.1. The van der Waals surface area contributed by atoms with Crippen molar-refractivity contribution < 1.29 is 0 Å². The van der Waals surface area contributed by atoms with Gasteiger partial charge in [0, 0.05) is 11.4 Å². The molecule has 0 saturated heterocycles. The van der Waals surface area contributed by atoms with Crippen molar-refractivity contribution in [3.63, 3.8) is 0 Å². The summed E-state index contributed by atoms with van der Waals surface area (Å²) in [6.07, 6.45) is 1.99. The third-order valence-corrected chi connectivity index (χ3v) is 5.42. The largest absolute Gasteiger partial charge is 0.399 e. The van der Waals surface area contributed by atoms with Crippen molar-refractivity contribution in [2.75, 3.05) is 5.73 Å². The van der Waals surface area contributed by atoms with Crippen LogP contribution < -0.4 is 11.1 Å². The molecule has 0 amide bonds. The van der Waals surface area contributed by atoms with Crippen molar-refractivity contribution in [1.82, 2.24) is 5.32 Å². The number of allylic oxidation sites excluding steroid dienone is 1. The van der Waals surface area contributed by atoms with E-state index in [1.807, 2.05) is 54.6 Å². The van der Waals surface area contributed by atoms with Gasteiger partial charge in [-0.15, -0.1) is 0 Å². The summed E-state index contributed by atoms with van der Waals surface area (Å²) in [6.45, 7) is 0. The van der Waals surface area contributed by atoms with Gasteiger partial charge in [0.05, 0.1) is 5.71 Å². The molecule has 4 aromatic carbocycles. The van der Waals surface area contributed by atoms with E-state index < -0.39 is 0 Å². The first-order valence-electron chi connectivity index (χ1n) is 10.4. The third kappa shape index (κ3) is 4.12. The number of nitrogens with one attached hydrogen (secondary N) is 1. The van der Waals surface area contributed by atoms with Crippen LogP contribution in [-0.4, -0.2) is 5.71 Å². The van der Waals surface area contributed by atoms with Gasteiger partial charge in [0.25, 0.3) is 0 Å². The van der Waals surface area contributed by atoms with Gasteiger partial charge in [-0.2, -0.15) is 0 Å². The zero-order valence-electron chi connectivity index (χ0n) is 17.1. The molecule has 0 saturated carbocycles. The molecule has 3 N–H and O–H groups in total. The first-order chi connectivity index (χ1) is 15.3. The van der Waals surface area contributed by atoms with E-state index in [-0.39, 0.29) is 6.17 Å². The van der Waals surface area contributed by atoms with Crippen LogP contribution in [0, 0.1) is 0 Å². The highest BCUT2D eigenvalue weighted by molar-refractivity contribution is 6.13. The number of hydrogen-bond acceptors (Lipinski definition) is 3. The Labute approximate surface area is 182 Å². The van der Waals surface area contributed by atoms with E-state index in [9.17, 15) is 0 Å². The predicted octanol–water partition coefficient (Wildman–Crippen LogP) is 6.07. The van der Waals surface area contributed by atoms with Crippen LogP contribution in [0.15, 0.2) is 120 Å². The summed E-state index contributed by atoms with van der Waals surface area (Å²) in [5.74, 6) is 0. The summed E-state index contributed by atoms with van der Waals surface area (Å²) in [4.78, 5) is 5.00. The van der Waals surface area contributed by atoms with E-state index in [2.05, 4.69) is 66.0 Å². The van der Waals surface area contributed by atoms with Crippen LogP contribution >= 0.6 is 0 Å². The Balaban J connectivity index is 1.57. The van der Waals surface area contributed by atoms with E-state index >= 15 is 0 Å². The zero-order chi connectivity index (χ0) is 21.0. The summed E-state index contributed by atoms with van der Waals surface area (Å²) in [7, 11) is 0.